The lowest BCUT2D eigenvalue weighted by molar-refractivity contribution is -0.139. The van der Waals surface area contributed by atoms with E-state index in [9.17, 15) is 14.4 Å². The number of piperidine rings is 1. The summed E-state index contributed by atoms with van der Waals surface area (Å²) >= 11 is 0. The SMILES string of the molecule is CC(C)NC(=O)N1CCC[C@H]1C(=O)N1CCC(CC(=O)O)CC1. The quantitative estimate of drug-likeness (QED) is 0.815. The largest absolute Gasteiger partial charge is 0.481 e. The number of hydrogen-bond donors (Lipinski definition) is 2. The normalized spacial score (nSPS) is 22.5. The first-order chi connectivity index (χ1) is 10.9. The van der Waals surface area contributed by atoms with Gasteiger partial charge in [-0.2, -0.15) is 0 Å². The van der Waals surface area contributed by atoms with Crippen molar-refractivity contribution in [1.29, 1.82) is 0 Å². The fourth-order valence-electron chi connectivity index (χ4n) is 3.41. The standard InChI is InChI=1S/C16H27N3O4/c1-11(2)17-16(23)19-7-3-4-13(19)15(22)18-8-5-12(6-9-18)10-14(20)21/h11-13H,3-10H2,1-2H3,(H,17,23)(H,20,21)/t13-/m0/s1. The highest BCUT2D eigenvalue weighted by molar-refractivity contribution is 5.87. The molecular weight excluding hydrogens is 298 g/mol. The van der Waals surface area contributed by atoms with Gasteiger partial charge in [0, 0.05) is 32.1 Å². The Bertz CT molecular complexity index is 458. The smallest absolute Gasteiger partial charge is 0.318 e. The molecule has 0 spiro atoms. The van der Waals surface area contributed by atoms with E-state index in [1.54, 1.807) is 9.80 Å². The summed E-state index contributed by atoms with van der Waals surface area (Å²) in [4.78, 5) is 39.1. The number of rotatable bonds is 4. The molecule has 0 unspecified atom stereocenters. The van der Waals surface area contributed by atoms with E-state index < -0.39 is 5.97 Å². The van der Waals surface area contributed by atoms with Crippen molar-refractivity contribution in [3.8, 4) is 0 Å². The third kappa shape index (κ3) is 4.59. The van der Waals surface area contributed by atoms with Crippen molar-refractivity contribution in [2.75, 3.05) is 19.6 Å². The third-order valence-electron chi connectivity index (χ3n) is 4.60. The van der Waals surface area contributed by atoms with Crippen molar-refractivity contribution in [3.63, 3.8) is 0 Å². The molecule has 0 saturated carbocycles. The molecule has 0 bridgehead atoms. The molecule has 1 atom stereocenters. The van der Waals surface area contributed by atoms with Crippen LogP contribution in [0, 0.1) is 5.92 Å². The molecule has 2 fully saturated rings. The topological polar surface area (TPSA) is 90.0 Å². The van der Waals surface area contributed by atoms with E-state index in [0.29, 0.717) is 26.1 Å². The minimum absolute atomic E-state index is 0.00943. The molecule has 0 aliphatic carbocycles. The number of likely N-dealkylation sites (tertiary alicyclic amines) is 2. The molecule has 7 heteroatoms. The molecule has 2 saturated heterocycles. The number of nitrogens with zero attached hydrogens (tertiary/aromatic N) is 2. The third-order valence-corrected chi connectivity index (χ3v) is 4.60. The molecule has 2 rings (SSSR count). The van der Waals surface area contributed by atoms with Crippen LogP contribution in [-0.2, 0) is 9.59 Å². The van der Waals surface area contributed by atoms with Crippen LogP contribution in [0.5, 0.6) is 0 Å². The van der Waals surface area contributed by atoms with E-state index in [1.165, 1.54) is 0 Å². The van der Waals surface area contributed by atoms with Crippen LogP contribution in [0.25, 0.3) is 0 Å². The van der Waals surface area contributed by atoms with Crippen molar-refractivity contribution < 1.29 is 19.5 Å². The second-order valence-electron chi connectivity index (χ2n) is 6.82. The lowest BCUT2D eigenvalue weighted by atomic mass is 9.93. The number of aliphatic carboxylic acids is 1. The molecular formula is C16H27N3O4. The Labute approximate surface area is 137 Å². The predicted molar refractivity (Wildman–Crippen MR) is 85.0 cm³/mol. The molecule has 0 aromatic rings. The molecule has 23 heavy (non-hydrogen) atoms. The molecule has 2 N–H and O–H groups in total. The Kier molecular flexibility index (Phi) is 5.85. The van der Waals surface area contributed by atoms with Crippen LogP contribution in [0.3, 0.4) is 0 Å². The predicted octanol–water partition coefficient (Wildman–Crippen LogP) is 1.28. The van der Waals surface area contributed by atoms with Gasteiger partial charge in [-0.15, -0.1) is 0 Å². The molecule has 0 aromatic heterocycles. The van der Waals surface area contributed by atoms with Crippen molar-refractivity contribution >= 4 is 17.9 Å². The van der Waals surface area contributed by atoms with Crippen LogP contribution in [0.15, 0.2) is 0 Å². The van der Waals surface area contributed by atoms with Gasteiger partial charge in [-0.25, -0.2) is 4.79 Å². The minimum atomic E-state index is -0.776. The van der Waals surface area contributed by atoms with E-state index in [2.05, 4.69) is 5.32 Å². The first kappa shape index (κ1) is 17.6. The van der Waals surface area contributed by atoms with Crippen molar-refractivity contribution in [1.82, 2.24) is 15.1 Å². The fraction of sp³-hybridized carbons (Fsp3) is 0.812. The first-order valence-corrected chi connectivity index (χ1v) is 8.46. The molecule has 2 aliphatic heterocycles. The van der Waals surface area contributed by atoms with Gasteiger partial charge in [0.2, 0.25) is 5.91 Å². The number of carboxylic acid groups (broad SMARTS) is 1. The Balaban J connectivity index is 1.90. The van der Waals surface area contributed by atoms with Gasteiger partial charge >= 0.3 is 12.0 Å². The lowest BCUT2D eigenvalue weighted by Crippen LogP contribution is -2.53. The summed E-state index contributed by atoms with van der Waals surface area (Å²) in [5, 5.41) is 11.7. The molecule has 3 amide bonds. The van der Waals surface area contributed by atoms with E-state index in [-0.39, 0.29) is 36.4 Å². The van der Waals surface area contributed by atoms with Crippen LogP contribution in [0.4, 0.5) is 4.79 Å². The van der Waals surface area contributed by atoms with Gasteiger partial charge in [-0.05, 0) is 45.4 Å². The van der Waals surface area contributed by atoms with Crippen LogP contribution in [-0.4, -0.2) is 64.5 Å². The van der Waals surface area contributed by atoms with Crippen LogP contribution in [0.2, 0.25) is 0 Å². The zero-order valence-corrected chi connectivity index (χ0v) is 14.0. The number of carboxylic acids is 1. The van der Waals surface area contributed by atoms with E-state index >= 15 is 0 Å². The van der Waals surface area contributed by atoms with Crippen LogP contribution >= 0.6 is 0 Å². The average molecular weight is 325 g/mol. The van der Waals surface area contributed by atoms with Gasteiger partial charge in [0.05, 0.1) is 0 Å². The summed E-state index contributed by atoms with van der Waals surface area (Å²) in [6, 6.07) is -0.494. The first-order valence-electron chi connectivity index (χ1n) is 8.46. The molecule has 2 heterocycles. The van der Waals surface area contributed by atoms with E-state index in [1.807, 2.05) is 13.8 Å². The minimum Gasteiger partial charge on any atom is -0.481 e. The Morgan fingerprint density at radius 1 is 1.13 bits per heavy atom. The Hall–Kier alpha value is -1.79. The van der Waals surface area contributed by atoms with Gasteiger partial charge in [0.25, 0.3) is 0 Å². The maximum absolute atomic E-state index is 12.7. The maximum Gasteiger partial charge on any atom is 0.318 e. The second kappa shape index (κ2) is 7.66. The van der Waals surface area contributed by atoms with Crippen molar-refractivity contribution in [2.24, 2.45) is 5.92 Å². The summed E-state index contributed by atoms with van der Waals surface area (Å²) in [7, 11) is 0. The zero-order chi connectivity index (χ0) is 17.0. The van der Waals surface area contributed by atoms with E-state index in [4.69, 9.17) is 5.11 Å². The molecule has 0 radical (unpaired) electrons. The molecule has 130 valence electrons. The number of amides is 3. The van der Waals surface area contributed by atoms with Crippen molar-refractivity contribution in [3.05, 3.63) is 0 Å². The van der Waals surface area contributed by atoms with Crippen molar-refractivity contribution in [2.45, 2.75) is 58.0 Å². The number of urea groups is 1. The summed E-state index contributed by atoms with van der Waals surface area (Å²) in [6.07, 6.45) is 3.18. The summed E-state index contributed by atoms with van der Waals surface area (Å²) in [5.74, 6) is -0.613. The number of carbonyl (C=O) groups is 3. The summed E-state index contributed by atoms with van der Waals surface area (Å²) < 4.78 is 0. The molecule has 2 aliphatic rings. The van der Waals surface area contributed by atoms with Gasteiger partial charge in [0.1, 0.15) is 6.04 Å². The highest BCUT2D eigenvalue weighted by Crippen LogP contribution is 2.24. The van der Waals surface area contributed by atoms with Gasteiger partial charge in [0.15, 0.2) is 0 Å². The van der Waals surface area contributed by atoms with Gasteiger partial charge < -0.3 is 20.2 Å². The van der Waals surface area contributed by atoms with Gasteiger partial charge in [-0.3, -0.25) is 9.59 Å². The maximum atomic E-state index is 12.7. The number of carbonyl (C=O) groups excluding carboxylic acids is 2. The van der Waals surface area contributed by atoms with E-state index in [0.717, 1.165) is 19.3 Å². The average Bonchev–Trinajstić information content (AvgIpc) is 2.95. The fourth-order valence-corrected chi connectivity index (χ4v) is 3.41. The number of hydrogen-bond acceptors (Lipinski definition) is 3. The lowest BCUT2D eigenvalue weighted by Gasteiger charge is -2.35. The Morgan fingerprint density at radius 2 is 1.78 bits per heavy atom. The monoisotopic (exact) mass is 325 g/mol. The summed E-state index contributed by atoms with van der Waals surface area (Å²) in [6.45, 7) is 5.60. The highest BCUT2D eigenvalue weighted by atomic mass is 16.4. The molecule has 0 aromatic carbocycles. The number of nitrogens with one attached hydrogen (secondary N) is 1. The molecule has 7 nitrogen and oxygen atoms in total. The van der Waals surface area contributed by atoms with Crippen LogP contribution < -0.4 is 5.32 Å². The zero-order valence-electron chi connectivity index (χ0n) is 14.0. The summed E-state index contributed by atoms with van der Waals surface area (Å²) in [5.41, 5.74) is 0. The Morgan fingerprint density at radius 3 is 2.35 bits per heavy atom. The van der Waals surface area contributed by atoms with Crippen LogP contribution in [0.1, 0.15) is 46.0 Å². The highest BCUT2D eigenvalue weighted by Gasteiger charge is 2.37. The van der Waals surface area contributed by atoms with Gasteiger partial charge in [-0.1, -0.05) is 0 Å². The second-order valence-corrected chi connectivity index (χ2v) is 6.82.